The van der Waals surface area contributed by atoms with Gasteiger partial charge >= 0.3 is 0 Å². The van der Waals surface area contributed by atoms with Gasteiger partial charge in [0.1, 0.15) is 91.6 Å². The van der Waals surface area contributed by atoms with Crippen molar-refractivity contribution in [1.29, 1.82) is 0 Å². The molecule has 0 radical (unpaired) electrons. The van der Waals surface area contributed by atoms with E-state index in [0.29, 0.717) is 48.3 Å². The number of hydrogen-bond acceptors (Lipinski definition) is 23. The van der Waals surface area contributed by atoms with Crippen LogP contribution in [0.1, 0.15) is 85.5 Å². The molecule has 6 heterocycles. The van der Waals surface area contributed by atoms with E-state index in [9.17, 15) is 66.4 Å². The Morgan fingerprint density at radius 2 is 1.15 bits per heavy atom. The van der Waals surface area contributed by atoms with Gasteiger partial charge in [0.15, 0.2) is 30.9 Å². The highest BCUT2D eigenvalue weighted by Gasteiger charge is 2.70. The van der Waals surface area contributed by atoms with Crippen molar-refractivity contribution in [3.05, 3.63) is 0 Å². The number of fused-ring (bicyclic) bond motifs is 7. The van der Waals surface area contributed by atoms with E-state index in [4.69, 9.17) is 47.4 Å². The molecule has 4 aliphatic carbocycles. The average Bonchev–Trinajstić information content (AvgIpc) is 3.82. The molecule has 0 aromatic carbocycles. The van der Waals surface area contributed by atoms with Crippen LogP contribution < -0.4 is 0 Å². The first-order valence-electron chi connectivity index (χ1n) is 26.8. The van der Waals surface area contributed by atoms with Gasteiger partial charge < -0.3 is 114 Å². The predicted octanol–water partition coefficient (Wildman–Crippen LogP) is -3.30. The molecule has 32 atom stereocenters. The fourth-order valence-corrected chi connectivity index (χ4v) is 15.9. The van der Waals surface area contributed by atoms with Crippen LogP contribution in [0.4, 0.5) is 0 Å². The van der Waals surface area contributed by atoms with Crippen molar-refractivity contribution in [2.24, 2.45) is 52.3 Å². The van der Waals surface area contributed by atoms with Crippen LogP contribution in [0.2, 0.25) is 0 Å². The lowest BCUT2D eigenvalue weighted by molar-refractivity contribution is -0.404. The fraction of sp³-hybridized carbons (Fsp3) is 1.00. The minimum absolute atomic E-state index is 0.130. The molecule has 0 aromatic heterocycles. The molecular weight excluding hydrogens is 969 g/mol. The molecule has 10 fully saturated rings. The van der Waals surface area contributed by atoms with Crippen molar-refractivity contribution in [3.8, 4) is 0 Å². The molecule has 10 aliphatic rings. The summed E-state index contributed by atoms with van der Waals surface area (Å²) in [7, 11) is 0. The smallest absolute Gasteiger partial charge is 0.187 e. The van der Waals surface area contributed by atoms with Crippen molar-refractivity contribution in [2.75, 3.05) is 33.0 Å². The van der Waals surface area contributed by atoms with Crippen LogP contribution in [-0.4, -0.2) is 240 Å². The molecule has 420 valence electrons. The van der Waals surface area contributed by atoms with Gasteiger partial charge in [0.05, 0.1) is 51.3 Å². The zero-order valence-electron chi connectivity index (χ0n) is 42.0. The Morgan fingerprint density at radius 3 is 1.85 bits per heavy atom. The van der Waals surface area contributed by atoms with Gasteiger partial charge in [0.2, 0.25) is 0 Å². The fourth-order valence-electron chi connectivity index (χ4n) is 15.9. The maximum Gasteiger partial charge on any atom is 0.187 e. The minimum atomic E-state index is -2.02. The first-order valence-corrected chi connectivity index (χ1v) is 26.8. The van der Waals surface area contributed by atoms with E-state index in [1.54, 1.807) is 0 Å². The van der Waals surface area contributed by atoms with Crippen molar-refractivity contribution in [1.82, 2.24) is 0 Å². The molecular formula is C50H82O23. The summed E-state index contributed by atoms with van der Waals surface area (Å²) in [4.78, 5) is 0. The molecule has 0 unspecified atom stereocenters. The van der Waals surface area contributed by atoms with Crippen LogP contribution in [0.15, 0.2) is 0 Å². The molecule has 6 saturated heterocycles. The Morgan fingerprint density at radius 1 is 0.521 bits per heavy atom. The van der Waals surface area contributed by atoms with Crippen LogP contribution in [0, 0.1) is 52.3 Å². The van der Waals surface area contributed by atoms with E-state index in [1.807, 2.05) is 0 Å². The Labute approximate surface area is 424 Å². The zero-order chi connectivity index (χ0) is 52.2. The normalized spacial score (nSPS) is 58.2. The lowest BCUT2D eigenvalue weighted by Crippen LogP contribution is -2.68. The van der Waals surface area contributed by atoms with E-state index in [1.165, 1.54) is 0 Å². The summed E-state index contributed by atoms with van der Waals surface area (Å²) in [6, 6.07) is 0. The minimum Gasteiger partial charge on any atom is -0.394 e. The van der Waals surface area contributed by atoms with Gasteiger partial charge in [-0.05, 0) is 97.7 Å². The van der Waals surface area contributed by atoms with Crippen molar-refractivity contribution in [3.63, 3.8) is 0 Å². The Kier molecular flexibility index (Phi) is 16.1. The van der Waals surface area contributed by atoms with Crippen LogP contribution in [0.25, 0.3) is 0 Å². The largest absolute Gasteiger partial charge is 0.394 e. The third-order valence-corrected chi connectivity index (χ3v) is 20.0. The maximum absolute atomic E-state index is 12.0. The first kappa shape index (κ1) is 55.4. The number of ether oxygens (including phenoxy) is 10. The summed E-state index contributed by atoms with van der Waals surface area (Å²) in [5.74, 6) is 2.34. The molecule has 4 saturated carbocycles. The molecule has 23 nitrogen and oxygen atoms in total. The van der Waals surface area contributed by atoms with E-state index in [2.05, 4.69) is 27.7 Å². The molecule has 13 N–H and O–H groups in total. The number of rotatable bonds is 11. The lowest BCUT2D eigenvalue weighted by Gasteiger charge is -2.62. The highest BCUT2D eigenvalue weighted by molar-refractivity contribution is 5.16. The highest BCUT2D eigenvalue weighted by Crippen LogP contribution is 2.71. The summed E-state index contributed by atoms with van der Waals surface area (Å²) in [6.45, 7) is 7.02. The Bertz CT molecular complexity index is 1860. The monoisotopic (exact) mass is 1050 g/mol. The van der Waals surface area contributed by atoms with Crippen LogP contribution in [0.5, 0.6) is 0 Å². The van der Waals surface area contributed by atoms with Crippen LogP contribution in [-0.2, 0) is 47.4 Å². The number of aliphatic hydroxyl groups excluding tert-OH is 13. The van der Waals surface area contributed by atoms with Gasteiger partial charge in [0.25, 0.3) is 0 Å². The lowest BCUT2D eigenvalue weighted by atomic mass is 9.44. The maximum atomic E-state index is 12.0. The second kappa shape index (κ2) is 21.3. The van der Waals surface area contributed by atoms with E-state index < -0.39 is 161 Å². The second-order valence-corrected chi connectivity index (χ2v) is 24.0. The third kappa shape index (κ3) is 9.49. The van der Waals surface area contributed by atoms with Gasteiger partial charge in [-0.2, -0.15) is 0 Å². The standard InChI is InChI=1S/C50H82O23/c1-19-7-10-50(65-17-19)20(2)32-28(73-50)12-24-22-6-5-21-11-27(25(54)13-49(21,4)23(22)8-9-48(24,32)3)66-45-40(63)37(60)41(31(16-53)69-45)70-47-43(72-46-39(62)36(59)34(57)29(14-51)67-46)42(35(58)30(15-52)68-47)71-44-38(61)33(56)26(55)18-64-44/h19-47,51-63H,5-18H2,1-4H3/t19-,20-,21-,22+,23-,24-,25+,26+,27+,28-,29+,30+,31+,32-,33-,34+,35+,36-,37+,38+,39+,40+,41-,42-,43+,44-,45+,46-,47-,48-,49-,50+/m0/s1. The van der Waals surface area contributed by atoms with E-state index in [-0.39, 0.29) is 22.9 Å². The molecule has 73 heavy (non-hydrogen) atoms. The van der Waals surface area contributed by atoms with Gasteiger partial charge in [0, 0.05) is 12.3 Å². The summed E-state index contributed by atoms with van der Waals surface area (Å²) >= 11 is 0. The molecule has 6 aliphatic heterocycles. The summed E-state index contributed by atoms with van der Waals surface area (Å²) in [5, 5.41) is 141. The van der Waals surface area contributed by atoms with E-state index in [0.717, 1.165) is 51.6 Å². The average molecular weight is 1050 g/mol. The van der Waals surface area contributed by atoms with Crippen molar-refractivity contribution >= 4 is 0 Å². The first-order chi connectivity index (χ1) is 34.7. The van der Waals surface area contributed by atoms with Crippen LogP contribution >= 0.6 is 0 Å². The molecule has 23 heteroatoms. The third-order valence-electron chi connectivity index (χ3n) is 20.0. The number of aliphatic hydroxyl groups is 13. The van der Waals surface area contributed by atoms with Gasteiger partial charge in [-0.15, -0.1) is 0 Å². The predicted molar refractivity (Wildman–Crippen MR) is 244 cm³/mol. The van der Waals surface area contributed by atoms with Gasteiger partial charge in [-0.1, -0.05) is 27.7 Å². The quantitative estimate of drug-likeness (QED) is 0.0902. The molecule has 10 rings (SSSR count). The molecule has 1 spiro atoms. The Balaban J connectivity index is 0.824. The topological polar surface area (TPSA) is 355 Å². The molecule has 0 amide bonds. The van der Waals surface area contributed by atoms with Crippen molar-refractivity contribution in [2.45, 2.75) is 226 Å². The van der Waals surface area contributed by atoms with Crippen LogP contribution in [0.3, 0.4) is 0 Å². The molecule has 0 aromatic rings. The van der Waals surface area contributed by atoms with E-state index >= 15 is 0 Å². The second-order valence-electron chi connectivity index (χ2n) is 24.0. The summed E-state index contributed by atoms with van der Waals surface area (Å²) in [6.07, 6.45) is -27.2. The zero-order valence-corrected chi connectivity index (χ0v) is 42.0. The summed E-state index contributed by atoms with van der Waals surface area (Å²) < 4.78 is 61.1. The van der Waals surface area contributed by atoms with Gasteiger partial charge in [-0.25, -0.2) is 0 Å². The Hall–Kier alpha value is -0.920. The SMILES string of the molecule is C[C@H]1CC[C@@]2(OC1)O[C@H]1C[C@H]3[C@@H]4CC[C@H]5C[C@@H](O[C@@H]6O[C@H](CO)[C@H](O[C@@H]7O[C@H](CO)[C@@H](O)[C@H](O[C@@H]8OC[C@@H](O)[C@H](O)[C@H]8O)[C@H]7O[C@@H]7O[C@H](CO)[C@@H](O)[C@H](O)[C@H]7O)[C@H](O)[C@H]6O)[C@H](O)C[C@]5(C)[C@H]4CC[C@]3(C)[C@H]1[C@@H]2C. The number of hydrogen-bond donors (Lipinski definition) is 13. The van der Waals surface area contributed by atoms with Gasteiger partial charge in [-0.3, -0.25) is 0 Å². The highest BCUT2D eigenvalue weighted by atomic mass is 16.8. The molecule has 0 bridgehead atoms. The summed E-state index contributed by atoms with van der Waals surface area (Å²) in [5.41, 5.74) is -0.0565. The van der Waals surface area contributed by atoms with Crippen molar-refractivity contribution < 1.29 is 114 Å².